The minimum Gasteiger partial charge on any atom is -0.298 e. The van der Waals surface area contributed by atoms with Gasteiger partial charge in [0.05, 0.1) is 5.04 Å². The van der Waals surface area contributed by atoms with E-state index in [4.69, 9.17) is 5.41 Å². The van der Waals surface area contributed by atoms with Crippen LogP contribution in [0.3, 0.4) is 0 Å². The molecule has 0 aromatic carbocycles. The maximum atomic E-state index is 7.27. The van der Waals surface area contributed by atoms with Crippen LogP contribution in [-0.2, 0) is 0 Å². The quantitative estimate of drug-likeness (QED) is 0.533. The molecule has 0 aromatic rings. The largest absolute Gasteiger partial charge is 0.298 e. The summed E-state index contributed by atoms with van der Waals surface area (Å²) < 4.78 is 0.358. The van der Waals surface area contributed by atoms with Gasteiger partial charge in [0.2, 0.25) is 0 Å². The second kappa shape index (κ2) is 1.76. The van der Waals surface area contributed by atoms with E-state index in [-0.39, 0.29) is 0 Å². The third-order valence-corrected chi connectivity index (χ3v) is 2.56. The van der Waals surface area contributed by atoms with Crippen LogP contribution in [0.25, 0.3) is 0 Å². The lowest BCUT2D eigenvalue weighted by atomic mass is 10.1. The molecule has 1 heterocycles. The molecule has 46 valence electrons. The van der Waals surface area contributed by atoms with Gasteiger partial charge in [-0.3, -0.25) is 5.41 Å². The lowest BCUT2D eigenvalue weighted by Gasteiger charge is -2.12. The summed E-state index contributed by atoms with van der Waals surface area (Å²) in [6.45, 7) is 4.39. The molecule has 0 atom stereocenters. The zero-order valence-electron chi connectivity index (χ0n) is 5.32. The molecule has 0 radical (unpaired) electrons. The van der Waals surface area contributed by atoms with Crippen molar-refractivity contribution in [2.24, 2.45) is 0 Å². The fourth-order valence-electron chi connectivity index (χ4n) is 0.850. The van der Waals surface area contributed by atoms with E-state index in [1.165, 1.54) is 6.42 Å². The van der Waals surface area contributed by atoms with Gasteiger partial charge in [0, 0.05) is 4.75 Å². The Balaban J connectivity index is 2.56. The molecule has 0 spiro atoms. The topological polar surface area (TPSA) is 23.9 Å². The first-order chi connectivity index (χ1) is 3.60. The average Bonchev–Trinajstić information content (AvgIpc) is 1.82. The van der Waals surface area contributed by atoms with Crippen molar-refractivity contribution in [3.63, 3.8) is 0 Å². The van der Waals surface area contributed by atoms with Crippen molar-refractivity contribution in [3.8, 4) is 0 Å². The van der Waals surface area contributed by atoms with Crippen LogP contribution in [0.2, 0.25) is 0 Å². The molecule has 1 aliphatic rings. The van der Waals surface area contributed by atoms with Crippen molar-refractivity contribution in [1.29, 1.82) is 5.41 Å². The van der Waals surface area contributed by atoms with Gasteiger partial charge in [0.15, 0.2) is 0 Å². The number of hydrogen-bond acceptors (Lipinski definition) is 2. The summed E-state index contributed by atoms with van der Waals surface area (Å²) in [4.78, 5) is 0. The molecule has 0 saturated carbocycles. The van der Waals surface area contributed by atoms with Gasteiger partial charge in [0.1, 0.15) is 0 Å². The maximum Gasteiger partial charge on any atom is 0.0647 e. The van der Waals surface area contributed by atoms with Crippen LogP contribution in [-0.4, -0.2) is 9.79 Å². The Morgan fingerprint density at radius 1 is 1.62 bits per heavy atom. The van der Waals surface area contributed by atoms with Gasteiger partial charge in [-0.25, -0.2) is 0 Å². The van der Waals surface area contributed by atoms with Crippen LogP contribution in [0, 0.1) is 5.41 Å². The molecule has 2 heteroatoms. The minimum atomic E-state index is 0.358. The fourth-order valence-corrected chi connectivity index (χ4v) is 1.93. The Labute approximate surface area is 54.4 Å². The summed E-state index contributed by atoms with van der Waals surface area (Å²) in [5.74, 6) is 0. The van der Waals surface area contributed by atoms with E-state index in [0.717, 1.165) is 11.5 Å². The van der Waals surface area contributed by atoms with Crippen molar-refractivity contribution in [3.05, 3.63) is 0 Å². The predicted molar refractivity (Wildman–Crippen MR) is 38.6 cm³/mol. The normalized spacial score (nSPS) is 26.5. The molecule has 1 rings (SSSR count). The highest BCUT2D eigenvalue weighted by molar-refractivity contribution is 8.15. The summed E-state index contributed by atoms with van der Waals surface area (Å²) in [6, 6.07) is 0. The summed E-state index contributed by atoms with van der Waals surface area (Å²) in [7, 11) is 0. The highest BCUT2D eigenvalue weighted by atomic mass is 32.2. The monoisotopic (exact) mass is 129 g/mol. The molecular formula is C6H11NS. The molecule has 0 aliphatic carbocycles. The molecule has 0 unspecified atom stereocenters. The summed E-state index contributed by atoms with van der Waals surface area (Å²) in [5.41, 5.74) is 0. The standard InChI is InChI=1S/C6H11NS/c1-6(2)4-3-5(7)8-6/h7H,3-4H2,1-2H3. The zero-order chi connectivity index (χ0) is 6.20. The summed E-state index contributed by atoms with van der Waals surface area (Å²) in [5, 5.41) is 8.12. The lowest BCUT2D eigenvalue weighted by molar-refractivity contribution is 0.680. The van der Waals surface area contributed by atoms with E-state index >= 15 is 0 Å². The van der Waals surface area contributed by atoms with E-state index in [9.17, 15) is 0 Å². The summed E-state index contributed by atoms with van der Waals surface area (Å²) in [6.07, 6.45) is 2.17. The number of hydrogen-bond donors (Lipinski definition) is 1. The highest BCUT2D eigenvalue weighted by Crippen LogP contribution is 2.38. The first-order valence-electron chi connectivity index (χ1n) is 2.87. The Bertz CT molecular complexity index is 118. The van der Waals surface area contributed by atoms with Gasteiger partial charge in [-0.05, 0) is 12.8 Å². The van der Waals surface area contributed by atoms with Gasteiger partial charge >= 0.3 is 0 Å². The van der Waals surface area contributed by atoms with Gasteiger partial charge in [-0.1, -0.05) is 13.8 Å². The summed E-state index contributed by atoms with van der Waals surface area (Å²) >= 11 is 1.71. The van der Waals surface area contributed by atoms with Gasteiger partial charge in [0.25, 0.3) is 0 Å². The first kappa shape index (κ1) is 6.14. The van der Waals surface area contributed by atoms with Crippen molar-refractivity contribution in [2.75, 3.05) is 0 Å². The lowest BCUT2D eigenvalue weighted by Crippen LogP contribution is -2.07. The smallest absolute Gasteiger partial charge is 0.0647 e. The molecule has 1 aliphatic heterocycles. The Hall–Kier alpha value is 0.0200. The van der Waals surface area contributed by atoms with Crippen LogP contribution in [0.5, 0.6) is 0 Å². The maximum absolute atomic E-state index is 7.27. The van der Waals surface area contributed by atoms with E-state index in [0.29, 0.717) is 4.75 Å². The SMILES string of the molecule is CC1(C)CCC(=N)S1. The first-order valence-corrected chi connectivity index (χ1v) is 3.68. The number of rotatable bonds is 0. The van der Waals surface area contributed by atoms with Crippen LogP contribution in [0.15, 0.2) is 0 Å². The van der Waals surface area contributed by atoms with E-state index < -0.39 is 0 Å². The molecule has 0 aromatic heterocycles. The third-order valence-electron chi connectivity index (χ3n) is 1.35. The molecule has 1 nitrogen and oxygen atoms in total. The Morgan fingerprint density at radius 3 is 2.38 bits per heavy atom. The number of thioether (sulfide) groups is 1. The molecule has 0 amide bonds. The molecule has 0 bridgehead atoms. The third kappa shape index (κ3) is 1.25. The Morgan fingerprint density at radius 2 is 2.25 bits per heavy atom. The second-order valence-electron chi connectivity index (χ2n) is 2.78. The minimum absolute atomic E-state index is 0.358. The molecular weight excluding hydrogens is 118 g/mol. The predicted octanol–water partition coefficient (Wildman–Crippen LogP) is 2.27. The Kier molecular flexibility index (Phi) is 1.35. The number of nitrogens with one attached hydrogen (secondary N) is 1. The van der Waals surface area contributed by atoms with Gasteiger partial charge in [-0.2, -0.15) is 0 Å². The van der Waals surface area contributed by atoms with Crippen molar-refractivity contribution in [2.45, 2.75) is 31.4 Å². The van der Waals surface area contributed by atoms with Gasteiger partial charge < -0.3 is 0 Å². The van der Waals surface area contributed by atoms with E-state index in [2.05, 4.69) is 13.8 Å². The van der Waals surface area contributed by atoms with Crippen molar-refractivity contribution in [1.82, 2.24) is 0 Å². The highest BCUT2D eigenvalue weighted by Gasteiger charge is 2.27. The molecule has 1 saturated heterocycles. The molecule has 1 N–H and O–H groups in total. The average molecular weight is 129 g/mol. The van der Waals surface area contributed by atoms with E-state index in [1.807, 2.05) is 0 Å². The van der Waals surface area contributed by atoms with E-state index in [1.54, 1.807) is 11.8 Å². The second-order valence-corrected chi connectivity index (χ2v) is 4.59. The van der Waals surface area contributed by atoms with Crippen molar-refractivity contribution >= 4 is 16.8 Å². The van der Waals surface area contributed by atoms with Crippen LogP contribution in [0.4, 0.5) is 0 Å². The fraction of sp³-hybridized carbons (Fsp3) is 0.833. The van der Waals surface area contributed by atoms with Crippen LogP contribution in [0.1, 0.15) is 26.7 Å². The van der Waals surface area contributed by atoms with Crippen molar-refractivity contribution < 1.29 is 0 Å². The molecule has 8 heavy (non-hydrogen) atoms. The van der Waals surface area contributed by atoms with Crippen LogP contribution >= 0.6 is 11.8 Å². The van der Waals surface area contributed by atoms with Gasteiger partial charge in [-0.15, -0.1) is 11.8 Å². The molecule has 1 fully saturated rings. The zero-order valence-corrected chi connectivity index (χ0v) is 6.14. The van der Waals surface area contributed by atoms with Crippen LogP contribution < -0.4 is 0 Å².